The van der Waals surface area contributed by atoms with Crippen molar-refractivity contribution in [1.29, 1.82) is 5.26 Å². The number of Topliss-reactive ketones (excluding diaryl/α,β-unsaturated/α-hetero) is 1. The van der Waals surface area contributed by atoms with Crippen molar-refractivity contribution in [3.63, 3.8) is 0 Å². The monoisotopic (exact) mass is 153 g/mol. The van der Waals surface area contributed by atoms with Gasteiger partial charge in [-0.25, -0.2) is 4.79 Å². The predicted molar refractivity (Wildman–Crippen MR) is 37.1 cm³/mol. The van der Waals surface area contributed by atoms with E-state index in [-0.39, 0.29) is 5.57 Å². The van der Waals surface area contributed by atoms with E-state index in [1.807, 2.05) is 5.32 Å². The maximum atomic E-state index is 10.5. The Kier molecular flexibility index (Phi) is 3.39. The zero-order valence-corrected chi connectivity index (χ0v) is 5.92. The van der Waals surface area contributed by atoms with Crippen molar-refractivity contribution in [1.82, 2.24) is 5.32 Å². The molecule has 0 rings (SSSR count). The number of allylic oxidation sites excluding steroid dienone is 1. The Morgan fingerprint density at radius 2 is 2.18 bits per heavy atom. The molecule has 2 amide bonds. The molecular formula is C6H7N3O2. The van der Waals surface area contributed by atoms with E-state index in [9.17, 15) is 9.59 Å². The van der Waals surface area contributed by atoms with Gasteiger partial charge in [0.15, 0.2) is 5.78 Å². The van der Waals surface area contributed by atoms with Gasteiger partial charge in [-0.15, -0.1) is 0 Å². The van der Waals surface area contributed by atoms with Crippen molar-refractivity contribution in [2.45, 2.75) is 6.92 Å². The summed E-state index contributed by atoms with van der Waals surface area (Å²) in [5.74, 6) is -0.416. The van der Waals surface area contributed by atoms with Crippen molar-refractivity contribution in [2.75, 3.05) is 0 Å². The number of carbonyl (C=O) groups is 2. The summed E-state index contributed by atoms with van der Waals surface area (Å²) in [6.45, 7) is 1.22. The molecule has 0 aliphatic heterocycles. The minimum absolute atomic E-state index is 0.135. The molecule has 0 aliphatic carbocycles. The summed E-state index contributed by atoms with van der Waals surface area (Å²) < 4.78 is 0. The number of amides is 2. The van der Waals surface area contributed by atoms with Gasteiger partial charge in [-0.3, -0.25) is 4.79 Å². The van der Waals surface area contributed by atoms with Crippen LogP contribution < -0.4 is 11.1 Å². The fraction of sp³-hybridized carbons (Fsp3) is 0.167. The molecule has 0 saturated carbocycles. The molecule has 0 aromatic rings. The molecule has 3 N–H and O–H groups in total. The molecule has 5 heteroatoms. The number of carbonyl (C=O) groups excluding carboxylic acids is 2. The Morgan fingerprint density at radius 1 is 1.64 bits per heavy atom. The van der Waals surface area contributed by atoms with Crippen LogP contribution in [0, 0.1) is 11.3 Å². The fourth-order valence-electron chi connectivity index (χ4n) is 0.356. The number of urea groups is 1. The second kappa shape index (κ2) is 4.06. The molecule has 0 heterocycles. The van der Waals surface area contributed by atoms with Crippen LogP contribution in [0.3, 0.4) is 0 Å². The lowest BCUT2D eigenvalue weighted by Gasteiger charge is -1.91. The van der Waals surface area contributed by atoms with Crippen molar-refractivity contribution in [2.24, 2.45) is 5.73 Å². The molecule has 0 atom stereocenters. The molecule has 0 spiro atoms. The van der Waals surface area contributed by atoms with Gasteiger partial charge >= 0.3 is 6.03 Å². The number of nitrogens with one attached hydrogen (secondary N) is 1. The molecule has 0 aromatic heterocycles. The SMILES string of the molecule is CC(=O)/C(C#N)=C/NC(N)=O. The minimum atomic E-state index is -0.806. The topological polar surface area (TPSA) is 96.0 Å². The van der Waals surface area contributed by atoms with Crippen LogP contribution in [0.15, 0.2) is 11.8 Å². The van der Waals surface area contributed by atoms with Gasteiger partial charge in [0.2, 0.25) is 0 Å². The average Bonchev–Trinajstić information content (AvgIpc) is 1.87. The van der Waals surface area contributed by atoms with E-state index in [2.05, 4.69) is 5.73 Å². The third-order valence-corrected chi connectivity index (χ3v) is 0.859. The van der Waals surface area contributed by atoms with Gasteiger partial charge in [0.1, 0.15) is 11.6 Å². The second-order valence-electron chi connectivity index (χ2n) is 1.73. The van der Waals surface area contributed by atoms with Crippen molar-refractivity contribution < 1.29 is 9.59 Å². The smallest absolute Gasteiger partial charge is 0.316 e. The minimum Gasteiger partial charge on any atom is -0.351 e. The van der Waals surface area contributed by atoms with Gasteiger partial charge in [0.25, 0.3) is 0 Å². The molecule has 0 fully saturated rings. The van der Waals surface area contributed by atoms with Crippen LogP contribution in [0.2, 0.25) is 0 Å². The lowest BCUT2D eigenvalue weighted by Crippen LogP contribution is -2.25. The number of primary amides is 1. The van der Waals surface area contributed by atoms with Crippen molar-refractivity contribution in [3.05, 3.63) is 11.8 Å². The van der Waals surface area contributed by atoms with Gasteiger partial charge in [-0.05, 0) is 6.92 Å². The summed E-state index contributed by atoms with van der Waals surface area (Å²) in [7, 11) is 0. The summed E-state index contributed by atoms with van der Waals surface area (Å²) >= 11 is 0. The first-order valence-corrected chi connectivity index (χ1v) is 2.75. The highest BCUT2D eigenvalue weighted by atomic mass is 16.2. The third kappa shape index (κ3) is 3.70. The third-order valence-electron chi connectivity index (χ3n) is 0.859. The number of hydrogen-bond acceptors (Lipinski definition) is 3. The fourth-order valence-corrected chi connectivity index (χ4v) is 0.356. The molecule has 0 saturated heterocycles. The summed E-state index contributed by atoms with van der Waals surface area (Å²) in [5, 5.41) is 10.3. The first-order chi connectivity index (χ1) is 5.07. The van der Waals surface area contributed by atoms with E-state index in [1.165, 1.54) is 6.92 Å². The number of nitrogens with two attached hydrogens (primary N) is 1. The van der Waals surface area contributed by atoms with Gasteiger partial charge < -0.3 is 11.1 Å². The zero-order valence-electron chi connectivity index (χ0n) is 5.92. The molecule has 11 heavy (non-hydrogen) atoms. The van der Waals surface area contributed by atoms with Crippen LogP contribution in [-0.4, -0.2) is 11.8 Å². The van der Waals surface area contributed by atoms with Crippen LogP contribution in [0.4, 0.5) is 4.79 Å². The molecule has 5 nitrogen and oxygen atoms in total. The molecule has 58 valence electrons. The maximum Gasteiger partial charge on any atom is 0.316 e. The standard InChI is InChI=1S/C6H7N3O2/c1-4(10)5(2-7)3-9-6(8)11/h3H,1H3,(H3,8,9,11)/b5-3+. The van der Waals surface area contributed by atoms with E-state index in [1.54, 1.807) is 6.07 Å². The maximum absolute atomic E-state index is 10.5. The second-order valence-corrected chi connectivity index (χ2v) is 1.73. The Morgan fingerprint density at radius 3 is 2.45 bits per heavy atom. The Hall–Kier alpha value is -1.83. The van der Waals surface area contributed by atoms with E-state index >= 15 is 0 Å². The van der Waals surface area contributed by atoms with Gasteiger partial charge in [0.05, 0.1) is 0 Å². The first kappa shape index (κ1) is 9.17. The number of hydrogen-bond donors (Lipinski definition) is 2. The van der Waals surface area contributed by atoms with Crippen LogP contribution in [-0.2, 0) is 4.79 Å². The molecular weight excluding hydrogens is 146 g/mol. The number of ketones is 1. The van der Waals surface area contributed by atoms with E-state index in [0.29, 0.717) is 0 Å². The molecule has 0 radical (unpaired) electrons. The number of nitrogens with zero attached hydrogens (tertiary/aromatic N) is 1. The summed E-state index contributed by atoms with van der Waals surface area (Å²) in [4.78, 5) is 20.6. The normalized spacial score (nSPS) is 10.0. The Balaban J connectivity index is 4.28. The van der Waals surface area contributed by atoms with Crippen LogP contribution in [0.5, 0.6) is 0 Å². The van der Waals surface area contributed by atoms with E-state index in [0.717, 1.165) is 6.20 Å². The van der Waals surface area contributed by atoms with Crippen LogP contribution in [0.25, 0.3) is 0 Å². The number of rotatable bonds is 2. The highest BCUT2D eigenvalue weighted by molar-refractivity contribution is 5.97. The van der Waals surface area contributed by atoms with Crippen molar-refractivity contribution in [3.8, 4) is 6.07 Å². The van der Waals surface area contributed by atoms with Crippen LogP contribution in [0.1, 0.15) is 6.92 Å². The highest BCUT2D eigenvalue weighted by Crippen LogP contribution is 1.90. The summed E-state index contributed by atoms with van der Waals surface area (Å²) in [6, 6.07) is 0.792. The van der Waals surface area contributed by atoms with E-state index < -0.39 is 11.8 Å². The largest absolute Gasteiger partial charge is 0.351 e. The molecule has 0 aromatic carbocycles. The lowest BCUT2D eigenvalue weighted by molar-refractivity contribution is -0.113. The van der Waals surface area contributed by atoms with Crippen LogP contribution >= 0.6 is 0 Å². The van der Waals surface area contributed by atoms with Gasteiger partial charge in [-0.1, -0.05) is 0 Å². The first-order valence-electron chi connectivity index (χ1n) is 2.75. The zero-order chi connectivity index (χ0) is 8.85. The molecule has 0 bridgehead atoms. The molecule has 0 unspecified atom stereocenters. The van der Waals surface area contributed by atoms with E-state index in [4.69, 9.17) is 5.26 Å². The Bertz CT molecular complexity index is 249. The number of nitriles is 1. The van der Waals surface area contributed by atoms with Crippen molar-refractivity contribution >= 4 is 11.8 Å². The quantitative estimate of drug-likeness (QED) is 0.419. The van der Waals surface area contributed by atoms with Gasteiger partial charge in [-0.2, -0.15) is 5.26 Å². The van der Waals surface area contributed by atoms with Gasteiger partial charge in [0, 0.05) is 6.20 Å². The molecule has 0 aliphatic rings. The average molecular weight is 153 g/mol. The highest BCUT2D eigenvalue weighted by Gasteiger charge is 2.00. The predicted octanol–water partition coefficient (Wildman–Crippen LogP) is -0.349. The Labute approximate surface area is 63.5 Å². The summed E-state index contributed by atoms with van der Waals surface area (Å²) in [5.41, 5.74) is 4.54. The summed E-state index contributed by atoms with van der Waals surface area (Å²) in [6.07, 6.45) is 0.977. The lowest BCUT2D eigenvalue weighted by atomic mass is 10.2.